The second kappa shape index (κ2) is 6.29. The molecule has 0 saturated carbocycles. The first kappa shape index (κ1) is 17.4. The molecule has 0 aliphatic carbocycles. The lowest BCUT2D eigenvalue weighted by Gasteiger charge is -2.44. The van der Waals surface area contributed by atoms with Crippen LogP contribution < -0.4 is 5.32 Å². The predicted molar refractivity (Wildman–Crippen MR) is 76.4 cm³/mol. The Kier molecular flexibility index (Phi) is 4.98. The molecule has 2 fully saturated rings. The zero-order valence-corrected chi connectivity index (χ0v) is 13.7. The Morgan fingerprint density at radius 2 is 2.09 bits per heavy atom. The van der Waals surface area contributed by atoms with Gasteiger partial charge in [0.15, 0.2) is 11.8 Å². The molecule has 0 aromatic rings. The fourth-order valence-corrected chi connectivity index (χ4v) is 3.20. The maximum absolute atomic E-state index is 12.2. The lowest BCUT2D eigenvalue weighted by Crippen LogP contribution is -2.70. The molecule has 126 valence electrons. The summed E-state index contributed by atoms with van der Waals surface area (Å²) in [5.74, 6) is -0.748. The van der Waals surface area contributed by atoms with Gasteiger partial charge in [0.05, 0.1) is 12.6 Å². The van der Waals surface area contributed by atoms with Crippen molar-refractivity contribution in [1.82, 2.24) is 10.2 Å². The summed E-state index contributed by atoms with van der Waals surface area (Å²) in [6.07, 6.45) is -1.78. The summed E-state index contributed by atoms with van der Waals surface area (Å²) in [4.78, 5) is 25.1. The van der Waals surface area contributed by atoms with Crippen LogP contribution in [0.5, 0.6) is 0 Å². The highest BCUT2D eigenvalue weighted by molar-refractivity contribution is 6.21. The summed E-state index contributed by atoms with van der Waals surface area (Å²) in [5.41, 5.74) is -1.74. The summed E-state index contributed by atoms with van der Waals surface area (Å²) in [6, 6.07) is -1.47. The molecule has 0 aromatic heterocycles. The number of rotatable bonds is 4. The molecule has 0 spiro atoms. The van der Waals surface area contributed by atoms with E-state index in [9.17, 15) is 14.7 Å². The summed E-state index contributed by atoms with van der Waals surface area (Å²) in [6.45, 7) is 3.15. The van der Waals surface area contributed by atoms with Crippen molar-refractivity contribution in [3.05, 3.63) is 0 Å². The van der Waals surface area contributed by atoms with Crippen molar-refractivity contribution in [2.24, 2.45) is 0 Å². The number of methoxy groups -OCH3 is 2. The molecule has 2 N–H and O–H groups in total. The lowest BCUT2D eigenvalue weighted by molar-refractivity contribution is -0.156. The zero-order chi connectivity index (χ0) is 16.7. The fourth-order valence-electron chi connectivity index (χ4n) is 2.76. The van der Waals surface area contributed by atoms with E-state index >= 15 is 0 Å². The molecule has 9 heteroatoms. The van der Waals surface area contributed by atoms with Gasteiger partial charge in [-0.3, -0.25) is 15.0 Å². The maximum atomic E-state index is 12.2. The van der Waals surface area contributed by atoms with Gasteiger partial charge >= 0.3 is 6.03 Å². The van der Waals surface area contributed by atoms with E-state index in [1.807, 2.05) is 0 Å². The molecule has 2 saturated heterocycles. The Morgan fingerprint density at radius 3 is 2.64 bits per heavy atom. The van der Waals surface area contributed by atoms with Crippen molar-refractivity contribution in [2.75, 3.05) is 20.8 Å². The summed E-state index contributed by atoms with van der Waals surface area (Å²) in [5, 5.41) is 11.7. The van der Waals surface area contributed by atoms with E-state index in [1.165, 1.54) is 26.0 Å². The van der Waals surface area contributed by atoms with Gasteiger partial charge in [-0.15, -0.1) is 11.6 Å². The van der Waals surface area contributed by atoms with Gasteiger partial charge in [0, 0.05) is 14.2 Å². The smallest absolute Gasteiger partial charge is 0.326 e. The average Bonchev–Trinajstić information content (AvgIpc) is 2.74. The van der Waals surface area contributed by atoms with E-state index in [4.69, 9.17) is 25.8 Å². The number of hydrogen-bond donors (Lipinski definition) is 2. The third-order valence-corrected chi connectivity index (χ3v) is 4.75. The number of aliphatic hydroxyl groups is 1. The van der Waals surface area contributed by atoms with E-state index < -0.39 is 47.4 Å². The number of urea groups is 1. The van der Waals surface area contributed by atoms with Crippen molar-refractivity contribution in [2.45, 2.75) is 49.3 Å². The molecule has 2 rings (SSSR count). The first-order chi connectivity index (χ1) is 10.3. The van der Waals surface area contributed by atoms with Crippen LogP contribution in [-0.4, -0.2) is 78.2 Å². The molecule has 0 bridgehead atoms. The van der Waals surface area contributed by atoms with Crippen molar-refractivity contribution in [1.29, 1.82) is 0 Å². The van der Waals surface area contributed by atoms with Gasteiger partial charge < -0.3 is 19.3 Å². The number of amides is 3. The highest BCUT2D eigenvalue weighted by Crippen LogP contribution is 2.34. The normalized spacial score (nSPS) is 42.6. The predicted octanol–water partition coefficient (Wildman–Crippen LogP) is -0.329. The molecule has 3 amide bonds. The molecule has 6 unspecified atom stereocenters. The molecular weight excluding hydrogens is 316 g/mol. The molecule has 2 aliphatic heterocycles. The van der Waals surface area contributed by atoms with Crippen molar-refractivity contribution in [3.63, 3.8) is 0 Å². The fraction of sp³-hybridized carbons (Fsp3) is 0.846. The van der Waals surface area contributed by atoms with Crippen LogP contribution in [0.25, 0.3) is 0 Å². The number of carbonyl (C=O) groups is 2. The van der Waals surface area contributed by atoms with Gasteiger partial charge in [-0.05, 0) is 13.8 Å². The molecule has 6 atom stereocenters. The standard InChI is InChI=1S/C13H21ClN2O6/c1-6-13(2,19)11(17)15-12(18)16(6)10-8(14)9(21-4)7(22-10)5-20-3/h6-10,19H,5H2,1-4H3,(H,15,17,18). The number of nitrogens with zero attached hydrogens (tertiary/aromatic N) is 1. The van der Waals surface area contributed by atoms with E-state index in [1.54, 1.807) is 6.92 Å². The minimum atomic E-state index is -1.74. The van der Waals surface area contributed by atoms with Crippen LogP contribution in [-0.2, 0) is 19.0 Å². The van der Waals surface area contributed by atoms with Gasteiger partial charge in [-0.2, -0.15) is 0 Å². The Labute approximate surface area is 133 Å². The Morgan fingerprint density at radius 1 is 1.45 bits per heavy atom. The molecule has 8 nitrogen and oxygen atoms in total. The number of alkyl halides is 1. The van der Waals surface area contributed by atoms with Crippen LogP contribution in [0, 0.1) is 0 Å². The zero-order valence-electron chi connectivity index (χ0n) is 12.9. The SMILES string of the molecule is COCC1OC(N2C(=O)NC(=O)C(C)(O)C2C)C(Cl)C1OC. The number of hydrogen-bond acceptors (Lipinski definition) is 6. The minimum Gasteiger partial charge on any atom is -0.382 e. The lowest BCUT2D eigenvalue weighted by atomic mass is 9.93. The van der Waals surface area contributed by atoms with E-state index in [0.29, 0.717) is 0 Å². The molecule has 2 aliphatic rings. The van der Waals surface area contributed by atoms with E-state index in [2.05, 4.69) is 5.32 Å². The van der Waals surface area contributed by atoms with Gasteiger partial charge in [-0.25, -0.2) is 4.79 Å². The largest absolute Gasteiger partial charge is 0.382 e. The first-order valence-electron chi connectivity index (χ1n) is 6.93. The van der Waals surface area contributed by atoms with Gasteiger partial charge in [0.25, 0.3) is 5.91 Å². The topological polar surface area (TPSA) is 97.3 Å². The number of imide groups is 1. The molecular formula is C13H21ClN2O6. The van der Waals surface area contributed by atoms with E-state index in [-0.39, 0.29) is 6.61 Å². The van der Waals surface area contributed by atoms with Crippen LogP contribution in [0.2, 0.25) is 0 Å². The molecule has 2 heterocycles. The van der Waals surface area contributed by atoms with Gasteiger partial charge in [0.2, 0.25) is 0 Å². The number of ether oxygens (including phenoxy) is 3. The molecule has 22 heavy (non-hydrogen) atoms. The maximum Gasteiger partial charge on any atom is 0.326 e. The highest BCUT2D eigenvalue weighted by Gasteiger charge is 2.55. The van der Waals surface area contributed by atoms with Crippen LogP contribution in [0.4, 0.5) is 4.79 Å². The van der Waals surface area contributed by atoms with Crippen LogP contribution in [0.3, 0.4) is 0 Å². The van der Waals surface area contributed by atoms with Crippen molar-refractivity contribution in [3.8, 4) is 0 Å². The molecule has 0 radical (unpaired) electrons. The van der Waals surface area contributed by atoms with Crippen LogP contribution in [0.15, 0.2) is 0 Å². The Bertz CT molecular complexity index is 460. The summed E-state index contributed by atoms with van der Waals surface area (Å²) in [7, 11) is 3.01. The summed E-state index contributed by atoms with van der Waals surface area (Å²) < 4.78 is 16.2. The summed E-state index contributed by atoms with van der Waals surface area (Å²) >= 11 is 6.37. The molecule has 0 aromatic carbocycles. The highest BCUT2D eigenvalue weighted by atomic mass is 35.5. The quantitative estimate of drug-likeness (QED) is 0.682. The average molecular weight is 337 g/mol. The van der Waals surface area contributed by atoms with Crippen LogP contribution in [0.1, 0.15) is 13.8 Å². The van der Waals surface area contributed by atoms with Crippen molar-refractivity contribution < 1.29 is 28.9 Å². The third kappa shape index (κ3) is 2.69. The second-order valence-corrected chi connectivity index (χ2v) is 6.16. The number of carbonyl (C=O) groups excluding carboxylic acids is 2. The van der Waals surface area contributed by atoms with Crippen LogP contribution >= 0.6 is 11.6 Å². The van der Waals surface area contributed by atoms with Crippen molar-refractivity contribution >= 4 is 23.5 Å². The van der Waals surface area contributed by atoms with E-state index in [0.717, 1.165) is 0 Å². The first-order valence-corrected chi connectivity index (χ1v) is 7.36. The monoisotopic (exact) mass is 336 g/mol. The third-order valence-electron chi connectivity index (χ3n) is 4.29. The number of nitrogens with one attached hydrogen (secondary N) is 1. The van der Waals surface area contributed by atoms with Gasteiger partial charge in [0.1, 0.15) is 17.6 Å². The second-order valence-electron chi connectivity index (χ2n) is 5.66. The minimum absolute atomic E-state index is 0.247. The Balaban J connectivity index is 2.26. The number of halogens is 1. The van der Waals surface area contributed by atoms with Gasteiger partial charge in [-0.1, -0.05) is 0 Å². The Hall–Kier alpha value is -0.930.